The summed E-state index contributed by atoms with van der Waals surface area (Å²) in [7, 11) is 1.89. The third-order valence-electron chi connectivity index (χ3n) is 2.32. The van der Waals surface area contributed by atoms with E-state index in [0.717, 1.165) is 11.4 Å². The molecule has 76 valence electrons. The molecule has 0 N–H and O–H groups in total. The molecule has 1 rings (SSSR count). The highest BCUT2D eigenvalue weighted by molar-refractivity contribution is 5.23. The molecule has 1 aromatic rings. The molecular weight excluding hydrogens is 174 g/mol. The SMILES string of the molecule is CC(C#N)c1cc(C(C)(C)C)nn1C. The first-order chi connectivity index (χ1) is 6.36. The number of nitrogens with zero attached hydrogens (tertiary/aromatic N) is 3. The van der Waals surface area contributed by atoms with E-state index in [2.05, 4.69) is 31.9 Å². The van der Waals surface area contributed by atoms with Crippen LogP contribution in [0.4, 0.5) is 0 Å². The van der Waals surface area contributed by atoms with E-state index >= 15 is 0 Å². The van der Waals surface area contributed by atoms with Crippen LogP contribution in [0.3, 0.4) is 0 Å². The van der Waals surface area contributed by atoms with Gasteiger partial charge in [0.1, 0.15) is 0 Å². The second kappa shape index (κ2) is 3.45. The molecule has 0 aliphatic heterocycles. The Bertz CT molecular complexity index is 363. The molecule has 0 spiro atoms. The number of rotatable bonds is 1. The summed E-state index contributed by atoms with van der Waals surface area (Å²) in [6, 6.07) is 4.25. The Balaban J connectivity index is 3.13. The normalized spacial score (nSPS) is 13.7. The Labute approximate surface area is 85.4 Å². The van der Waals surface area contributed by atoms with Crippen LogP contribution in [-0.4, -0.2) is 9.78 Å². The first-order valence-corrected chi connectivity index (χ1v) is 4.80. The van der Waals surface area contributed by atoms with E-state index in [1.807, 2.05) is 20.0 Å². The predicted molar refractivity (Wildman–Crippen MR) is 55.9 cm³/mol. The number of hydrogen-bond acceptors (Lipinski definition) is 2. The lowest BCUT2D eigenvalue weighted by Crippen LogP contribution is -2.12. The van der Waals surface area contributed by atoms with Gasteiger partial charge in [0, 0.05) is 12.5 Å². The van der Waals surface area contributed by atoms with Crippen LogP contribution in [0, 0.1) is 11.3 Å². The minimum Gasteiger partial charge on any atom is -0.271 e. The molecular formula is C11H17N3. The average molecular weight is 191 g/mol. The number of hydrogen-bond donors (Lipinski definition) is 0. The van der Waals surface area contributed by atoms with Gasteiger partial charge in [0.25, 0.3) is 0 Å². The summed E-state index contributed by atoms with van der Waals surface area (Å²) < 4.78 is 1.80. The van der Waals surface area contributed by atoms with Gasteiger partial charge in [0.2, 0.25) is 0 Å². The molecule has 14 heavy (non-hydrogen) atoms. The zero-order valence-corrected chi connectivity index (χ0v) is 9.50. The standard InChI is InChI=1S/C11H17N3/c1-8(7-12)9-6-10(11(2,3)4)13-14(9)5/h6,8H,1-5H3. The Morgan fingerprint density at radius 3 is 2.43 bits per heavy atom. The summed E-state index contributed by atoms with van der Waals surface area (Å²) in [5, 5.41) is 13.3. The molecule has 1 heterocycles. The largest absolute Gasteiger partial charge is 0.271 e. The van der Waals surface area contributed by atoms with Crippen molar-refractivity contribution in [2.75, 3.05) is 0 Å². The van der Waals surface area contributed by atoms with Crippen LogP contribution in [0.1, 0.15) is 45.0 Å². The molecule has 0 radical (unpaired) electrons. The van der Waals surface area contributed by atoms with Gasteiger partial charge in [-0.25, -0.2) is 0 Å². The van der Waals surface area contributed by atoms with Crippen LogP contribution < -0.4 is 0 Å². The Kier molecular flexibility index (Phi) is 2.66. The van der Waals surface area contributed by atoms with Crippen molar-refractivity contribution in [2.45, 2.75) is 39.0 Å². The number of aryl methyl sites for hydroxylation is 1. The van der Waals surface area contributed by atoms with E-state index in [1.165, 1.54) is 0 Å². The summed E-state index contributed by atoms with van der Waals surface area (Å²) in [6.07, 6.45) is 0. The van der Waals surface area contributed by atoms with E-state index in [9.17, 15) is 0 Å². The van der Waals surface area contributed by atoms with Gasteiger partial charge in [-0.1, -0.05) is 20.8 Å². The quantitative estimate of drug-likeness (QED) is 0.683. The topological polar surface area (TPSA) is 41.6 Å². The van der Waals surface area contributed by atoms with Crippen LogP contribution in [0.25, 0.3) is 0 Å². The monoisotopic (exact) mass is 191 g/mol. The maximum absolute atomic E-state index is 8.83. The van der Waals surface area contributed by atoms with Gasteiger partial charge >= 0.3 is 0 Å². The molecule has 0 fully saturated rings. The number of nitriles is 1. The third-order valence-corrected chi connectivity index (χ3v) is 2.32. The molecule has 1 atom stereocenters. The average Bonchev–Trinajstić information content (AvgIpc) is 2.45. The van der Waals surface area contributed by atoms with Crippen molar-refractivity contribution < 1.29 is 0 Å². The van der Waals surface area contributed by atoms with Crippen molar-refractivity contribution in [2.24, 2.45) is 7.05 Å². The van der Waals surface area contributed by atoms with E-state index in [1.54, 1.807) is 4.68 Å². The highest BCUT2D eigenvalue weighted by Gasteiger charge is 2.20. The van der Waals surface area contributed by atoms with E-state index in [0.29, 0.717) is 0 Å². The minimum absolute atomic E-state index is 0.0468. The van der Waals surface area contributed by atoms with Gasteiger partial charge in [-0.05, 0) is 13.0 Å². The first-order valence-electron chi connectivity index (χ1n) is 4.80. The van der Waals surface area contributed by atoms with Crippen molar-refractivity contribution in [1.29, 1.82) is 5.26 Å². The Hall–Kier alpha value is -1.30. The molecule has 0 aromatic carbocycles. The Morgan fingerprint density at radius 2 is 2.07 bits per heavy atom. The van der Waals surface area contributed by atoms with Crippen LogP contribution in [0.15, 0.2) is 6.07 Å². The maximum Gasteiger partial charge on any atom is 0.0853 e. The highest BCUT2D eigenvalue weighted by atomic mass is 15.3. The minimum atomic E-state index is -0.0939. The molecule has 0 bridgehead atoms. The van der Waals surface area contributed by atoms with E-state index in [4.69, 9.17) is 5.26 Å². The molecule has 3 heteroatoms. The molecule has 1 aromatic heterocycles. The second-order valence-corrected chi connectivity index (χ2v) is 4.68. The van der Waals surface area contributed by atoms with Gasteiger partial charge in [-0.2, -0.15) is 10.4 Å². The van der Waals surface area contributed by atoms with Crippen LogP contribution in [0.2, 0.25) is 0 Å². The summed E-state index contributed by atoms with van der Waals surface area (Å²) in [6.45, 7) is 8.26. The molecule has 3 nitrogen and oxygen atoms in total. The van der Waals surface area contributed by atoms with Gasteiger partial charge in [0.05, 0.1) is 23.4 Å². The zero-order chi connectivity index (χ0) is 10.9. The van der Waals surface area contributed by atoms with E-state index in [-0.39, 0.29) is 11.3 Å². The van der Waals surface area contributed by atoms with Gasteiger partial charge in [0.15, 0.2) is 0 Å². The fourth-order valence-corrected chi connectivity index (χ4v) is 1.32. The van der Waals surface area contributed by atoms with Gasteiger partial charge in [-0.3, -0.25) is 4.68 Å². The fourth-order valence-electron chi connectivity index (χ4n) is 1.32. The molecule has 1 unspecified atom stereocenters. The van der Waals surface area contributed by atoms with Gasteiger partial charge < -0.3 is 0 Å². The van der Waals surface area contributed by atoms with Crippen LogP contribution in [-0.2, 0) is 12.5 Å². The maximum atomic E-state index is 8.83. The fraction of sp³-hybridized carbons (Fsp3) is 0.636. The van der Waals surface area contributed by atoms with Crippen molar-refractivity contribution in [3.63, 3.8) is 0 Å². The van der Waals surface area contributed by atoms with Crippen molar-refractivity contribution >= 4 is 0 Å². The molecule has 0 amide bonds. The van der Waals surface area contributed by atoms with E-state index < -0.39 is 0 Å². The smallest absolute Gasteiger partial charge is 0.0853 e. The molecule has 0 aliphatic rings. The second-order valence-electron chi connectivity index (χ2n) is 4.68. The molecule has 0 saturated carbocycles. The van der Waals surface area contributed by atoms with Crippen LogP contribution >= 0.6 is 0 Å². The third kappa shape index (κ3) is 1.95. The van der Waals surface area contributed by atoms with Crippen molar-refractivity contribution in [1.82, 2.24) is 9.78 Å². The zero-order valence-electron chi connectivity index (χ0n) is 9.50. The van der Waals surface area contributed by atoms with Crippen molar-refractivity contribution in [3.8, 4) is 6.07 Å². The number of aromatic nitrogens is 2. The van der Waals surface area contributed by atoms with Gasteiger partial charge in [-0.15, -0.1) is 0 Å². The summed E-state index contributed by atoms with van der Waals surface area (Å²) in [5.41, 5.74) is 2.07. The lowest BCUT2D eigenvalue weighted by Gasteiger charge is -2.13. The lowest BCUT2D eigenvalue weighted by atomic mass is 9.91. The van der Waals surface area contributed by atoms with Crippen molar-refractivity contribution in [3.05, 3.63) is 17.5 Å². The summed E-state index contributed by atoms with van der Waals surface area (Å²) >= 11 is 0. The first kappa shape index (κ1) is 10.8. The summed E-state index contributed by atoms with van der Waals surface area (Å²) in [5.74, 6) is -0.0939. The predicted octanol–water partition coefficient (Wildman–Crippen LogP) is 2.34. The highest BCUT2D eigenvalue weighted by Crippen LogP contribution is 2.24. The molecule has 0 saturated heterocycles. The molecule has 0 aliphatic carbocycles. The Morgan fingerprint density at radius 1 is 1.50 bits per heavy atom. The summed E-state index contributed by atoms with van der Waals surface area (Å²) in [4.78, 5) is 0. The van der Waals surface area contributed by atoms with Crippen LogP contribution in [0.5, 0.6) is 0 Å². The lowest BCUT2D eigenvalue weighted by molar-refractivity contribution is 0.551.